The topological polar surface area (TPSA) is 79.8 Å². The lowest BCUT2D eigenvalue weighted by Gasteiger charge is -2.08. The molecule has 6 nitrogen and oxygen atoms in total. The lowest BCUT2D eigenvalue weighted by molar-refractivity contribution is -0.115. The van der Waals surface area contributed by atoms with E-state index in [4.69, 9.17) is 0 Å². The number of benzene rings is 1. The fourth-order valence-electron chi connectivity index (χ4n) is 2.74. The van der Waals surface area contributed by atoms with Gasteiger partial charge in [0.15, 0.2) is 5.13 Å². The second kappa shape index (κ2) is 7.99. The van der Waals surface area contributed by atoms with Crippen LogP contribution >= 0.6 is 22.7 Å². The highest BCUT2D eigenvalue weighted by Gasteiger charge is 2.13. The maximum atomic E-state index is 13.2. The zero-order valence-corrected chi connectivity index (χ0v) is 16.5. The Morgan fingerprint density at radius 3 is 2.71 bits per heavy atom. The Hall–Kier alpha value is -2.91. The number of fused-ring (bicyclic) bond motifs is 1. The summed E-state index contributed by atoms with van der Waals surface area (Å²) in [4.78, 5) is 25.8. The third-order valence-corrected chi connectivity index (χ3v) is 5.80. The average Bonchev–Trinajstić information content (AvgIpc) is 3.29. The van der Waals surface area contributed by atoms with Crippen molar-refractivity contribution in [2.24, 2.45) is 0 Å². The van der Waals surface area contributed by atoms with Gasteiger partial charge in [0.05, 0.1) is 11.1 Å². The number of thiophene rings is 1. The van der Waals surface area contributed by atoms with Gasteiger partial charge in [0.1, 0.15) is 22.8 Å². The number of carbonyl (C=O) groups excluding carboxylic acids is 1. The fraction of sp³-hybridized carbons (Fsp3) is 0.158. The van der Waals surface area contributed by atoms with Gasteiger partial charge in [-0.1, -0.05) is 12.1 Å². The highest BCUT2D eigenvalue weighted by Crippen LogP contribution is 2.36. The number of carbonyl (C=O) groups is 1. The van der Waals surface area contributed by atoms with Crippen LogP contribution < -0.4 is 10.6 Å². The number of aryl methyl sites for hydroxylation is 1. The highest BCUT2D eigenvalue weighted by molar-refractivity contribution is 7.17. The number of hydrogen-bond donors (Lipinski definition) is 2. The first kappa shape index (κ1) is 18.5. The van der Waals surface area contributed by atoms with Crippen molar-refractivity contribution >= 4 is 49.7 Å². The predicted octanol–water partition coefficient (Wildman–Crippen LogP) is 4.70. The van der Waals surface area contributed by atoms with Gasteiger partial charge in [-0.25, -0.2) is 19.3 Å². The smallest absolute Gasteiger partial charge is 0.227 e. The van der Waals surface area contributed by atoms with Gasteiger partial charge >= 0.3 is 0 Å². The van der Waals surface area contributed by atoms with Gasteiger partial charge in [-0.15, -0.1) is 22.7 Å². The van der Waals surface area contributed by atoms with Crippen molar-refractivity contribution in [3.05, 3.63) is 52.9 Å². The summed E-state index contributed by atoms with van der Waals surface area (Å²) in [5.41, 5.74) is 2.71. The van der Waals surface area contributed by atoms with Crippen molar-refractivity contribution in [3.63, 3.8) is 0 Å². The molecule has 0 aliphatic rings. The van der Waals surface area contributed by atoms with Gasteiger partial charge in [0.25, 0.3) is 0 Å². The number of amides is 1. The molecule has 0 unspecified atom stereocenters. The summed E-state index contributed by atoms with van der Waals surface area (Å²) < 4.78 is 13.2. The number of rotatable bonds is 6. The molecule has 0 saturated carbocycles. The summed E-state index contributed by atoms with van der Waals surface area (Å²) in [6.07, 6.45) is 1.77. The van der Waals surface area contributed by atoms with Crippen molar-refractivity contribution in [3.8, 4) is 11.1 Å². The average molecular weight is 414 g/mol. The third kappa shape index (κ3) is 4.00. The summed E-state index contributed by atoms with van der Waals surface area (Å²) in [6.45, 7) is 2.30. The largest absolute Gasteiger partial charge is 0.369 e. The second-order valence-corrected chi connectivity index (χ2v) is 7.79. The Morgan fingerprint density at radius 1 is 1.14 bits per heavy atom. The molecule has 0 aliphatic carbocycles. The predicted molar refractivity (Wildman–Crippen MR) is 111 cm³/mol. The monoisotopic (exact) mass is 413 g/mol. The summed E-state index contributed by atoms with van der Waals surface area (Å²) >= 11 is 2.90. The Labute approximate surface area is 168 Å². The number of hydrogen-bond acceptors (Lipinski definition) is 7. The van der Waals surface area contributed by atoms with Crippen LogP contribution in [0.4, 0.5) is 15.3 Å². The zero-order chi connectivity index (χ0) is 19.5. The zero-order valence-electron chi connectivity index (χ0n) is 14.9. The molecule has 142 valence electrons. The van der Waals surface area contributed by atoms with Crippen molar-refractivity contribution < 1.29 is 9.18 Å². The maximum absolute atomic E-state index is 13.2. The van der Waals surface area contributed by atoms with Crippen LogP contribution in [0.25, 0.3) is 21.3 Å². The molecule has 3 aromatic heterocycles. The molecule has 0 fully saturated rings. The minimum Gasteiger partial charge on any atom is -0.369 e. The Kier molecular flexibility index (Phi) is 5.27. The first-order valence-corrected chi connectivity index (χ1v) is 10.3. The molecule has 0 spiro atoms. The standard InChI is InChI=1S/C19H16FN5OS2/c1-11-8-28-19(24-11)25-15(26)6-7-21-17-16-14(9-27-18(16)23-10-22-17)12-2-4-13(20)5-3-12/h2-5,8-10H,6-7H2,1H3,(H,21,22,23)(H,24,25,26). The summed E-state index contributed by atoms with van der Waals surface area (Å²) in [5.74, 6) is 0.263. The van der Waals surface area contributed by atoms with Gasteiger partial charge < -0.3 is 10.6 Å². The van der Waals surface area contributed by atoms with Crippen LogP contribution in [0.1, 0.15) is 12.1 Å². The van der Waals surface area contributed by atoms with Gasteiger partial charge in [-0.05, 0) is 24.6 Å². The molecule has 1 amide bonds. The molecule has 0 radical (unpaired) electrons. The van der Waals surface area contributed by atoms with Crippen molar-refractivity contribution in [1.82, 2.24) is 15.0 Å². The number of anilines is 2. The van der Waals surface area contributed by atoms with Crippen molar-refractivity contribution in [2.45, 2.75) is 13.3 Å². The van der Waals surface area contributed by atoms with Crippen LogP contribution in [0, 0.1) is 12.7 Å². The molecular weight excluding hydrogens is 397 g/mol. The fourth-order valence-corrected chi connectivity index (χ4v) is 4.36. The van der Waals surface area contributed by atoms with E-state index in [1.807, 2.05) is 17.7 Å². The van der Waals surface area contributed by atoms with E-state index in [0.717, 1.165) is 27.0 Å². The Balaban J connectivity index is 1.48. The summed E-state index contributed by atoms with van der Waals surface area (Å²) in [7, 11) is 0. The molecule has 9 heteroatoms. The number of thiazole rings is 1. The maximum Gasteiger partial charge on any atom is 0.227 e. The van der Waals surface area contributed by atoms with E-state index < -0.39 is 0 Å². The third-order valence-electron chi connectivity index (χ3n) is 4.04. The molecule has 4 rings (SSSR count). The van der Waals surface area contributed by atoms with E-state index in [-0.39, 0.29) is 18.1 Å². The lowest BCUT2D eigenvalue weighted by Crippen LogP contribution is -2.16. The van der Waals surface area contributed by atoms with Gasteiger partial charge in [-0.2, -0.15) is 0 Å². The Bertz CT molecular complexity index is 1120. The normalized spacial score (nSPS) is 10.9. The van der Waals surface area contributed by atoms with E-state index >= 15 is 0 Å². The van der Waals surface area contributed by atoms with Crippen LogP contribution in [0.3, 0.4) is 0 Å². The first-order valence-electron chi connectivity index (χ1n) is 8.54. The van der Waals surface area contributed by atoms with Gasteiger partial charge in [0, 0.05) is 29.3 Å². The molecule has 1 aromatic carbocycles. The molecule has 28 heavy (non-hydrogen) atoms. The number of halogens is 1. The summed E-state index contributed by atoms with van der Waals surface area (Å²) in [6, 6.07) is 6.33. The van der Waals surface area contributed by atoms with E-state index in [0.29, 0.717) is 17.5 Å². The number of aromatic nitrogens is 3. The van der Waals surface area contributed by atoms with Gasteiger partial charge in [0.2, 0.25) is 5.91 Å². The molecular formula is C19H16FN5OS2. The molecule has 0 atom stereocenters. The quantitative estimate of drug-likeness (QED) is 0.479. The SMILES string of the molecule is Cc1csc(NC(=O)CCNc2ncnc3scc(-c4ccc(F)cc4)c23)n1. The Morgan fingerprint density at radius 2 is 1.96 bits per heavy atom. The lowest BCUT2D eigenvalue weighted by atomic mass is 10.1. The van der Waals surface area contributed by atoms with E-state index in [1.54, 1.807) is 12.1 Å². The number of nitrogens with one attached hydrogen (secondary N) is 2. The molecule has 3 heterocycles. The van der Waals surface area contributed by atoms with E-state index in [2.05, 4.69) is 25.6 Å². The molecule has 2 N–H and O–H groups in total. The van der Waals surface area contributed by atoms with Crippen molar-refractivity contribution in [2.75, 3.05) is 17.2 Å². The van der Waals surface area contributed by atoms with Crippen LogP contribution in [0.15, 0.2) is 41.4 Å². The van der Waals surface area contributed by atoms with Crippen LogP contribution in [-0.2, 0) is 4.79 Å². The van der Waals surface area contributed by atoms with Crippen LogP contribution in [-0.4, -0.2) is 27.4 Å². The molecule has 0 saturated heterocycles. The number of nitrogens with zero attached hydrogens (tertiary/aromatic N) is 3. The second-order valence-electron chi connectivity index (χ2n) is 6.08. The molecule has 0 aliphatic heterocycles. The molecule has 4 aromatic rings. The van der Waals surface area contributed by atoms with E-state index in [1.165, 1.54) is 41.1 Å². The minimum atomic E-state index is -0.278. The first-order chi connectivity index (χ1) is 13.6. The van der Waals surface area contributed by atoms with Crippen LogP contribution in [0.5, 0.6) is 0 Å². The highest BCUT2D eigenvalue weighted by atomic mass is 32.1. The van der Waals surface area contributed by atoms with E-state index in [9.17, 15) is 9.18 Å². The molecule has 0 bridgehead atoms. The van der Waals surface area contributed by atoms with Crippen molar-refractivity contribution in [1.29, 1.82) is 0 Å². The van der Waals surface area contributed by atoms with Crippen LogP contribution in [0.2, 0.25) is 0 Å². The minimum absolute atomic E-state index is 0.115. The van der Waals surface area contributed by atoms with Gasteiger partial charge in [-0.3, -0.25) is 4.79 Å². The summed E-state index contributed by atoms with van der Waals surface area (Å²) in [5, 5.41) is 11.3.